The lowest BCUT2D eigenvalue weighted by Gasteiger charge is -2.27. The Labute approximate surface area is 242 Å². The number of carbonyl (C=O) groups excluding carboxylic acids is 1. The average molecular weight is 575 g/mol. The number of amides is 1. The lowest BCUT2D eigenvalue weighted by atomic mass is 9.93. The van der Waals surface area contributed by atoms with E-state index < -0.39 is 11.7 Å². The van der Waals surface area contributed by atoms with E-state index in [1.807, 2.05) is 24.3 Å². The van der Waals surface area contributed by atoms with E-state index in [-0.39, 0.29) is 35.7 Å². The van der Waals surface area contributed by atoms with E-state index in [9.17, 15) is 19.4 Å². The van der Waals surface area contributed by atoms with Crippen LogP contribution in [0.4, 0.5) is 33.2 Å². The van der Waals surface area contributed by atoms with Gasteiger partial charge in [0.2, 0.25) is 0 Å². The smallest absolute Gasteiger partial charge is 0.274 e. The molecule has 220 valence electrons. The molecule has 0 aromatic carbocycles. The number of nitrogens with zero attached hydrogens (tertiary/aromatic N) is 4. The summed E-state index contributed by atoms with van der Waals surface area (Å²) in [4.78, 5) is 21.7. The third-order valence-electron chi connectivity index (χ3n) is 7.98. The summed E-state index contributed by atoms with van der Waals surface area (Å²) in [5.74, 6) is 0.759. The zero-order valence-corrected chi connectivity index (χ0v) is 23.1. The molecule has 1 amide bonds. The molecule has 4 aromatic heterocycles. The molecule has 0 unspecified atom stereocenters. The van der Waals surface area contributed by atoms with E-state index >= 15 is 0 Å². The van der Waals surface area contributed by atoms with Crippen molar-refractivity contribution in [2.45, 2.75) is 75.7 Å². The highest BCUT2D eigenvalue weighted by molar-refractivity contribution is 6.04. The summed E-state index contributed by atoms with van der Waals surface area (Å²) >= 11 is 0. The summed E-state index contributed by atoms with van der Waals surface area (Å²) < 4.78 is 15.7. The van der Waals surface area contributed by atoms with E-state index in [4.69, 9.17) is 10.1 Å². The highest BCUT2D eigenvalue weighted by Gasteiger charge is 2.22. The fraction of sp³-hybridized carbons (Fsp3) is 0.400. The summed E-state index contributed by atoms with van der Waals surface area (Å²) in [5.41, 5.74) is 1.58. The lowest BCUT2D eigenvalue weighted by Crippen LogP contribution is -2.29. The van der Waals surface area contributed by atoms with Crippen LogP contribution >= 0.6 is 0 Å². The molecule has 6 rings (SSSR count). The fourth-order valence-electron chi connectivity index (χ4n) is 5.67. The van der Waals surface area contributed by atoms with Gasteiger partial charge < -0.3 is 31.5 Å². The van der Waals surface area contributed by atoms with Gasteiger partial charge in [-0.05, 0) is 81.7 Å². The Bertz CT molecular complexity index is 1550. The second-order valence-electron chi connectivity index (χ2n) is 11.1. The number of pyridine rings is 2. The Morgan fingerprint density at radius 1 is 0.833 bits per heavy atom. The van der Waals surface area contributed by atoms with Crippen LogP contribution in [-0.4, -0.2) is 60.0 Å². The zero-order chi connectivity index (χ0) is 29.1. The number of fused-ring (bicyclic) bond motifs is 1. The van der Waals surface area contributed by atoms with Crippen LogP contribution in [0.5, 0.6) is 0 Å². The molecule has 0 radical (unpaired) electrons. The minimum absolute atomic E-state index is 0.0272. The lowest BCUT2D eigenvalue weighted by molar-refractivity contribution is 0.101. The maximum absolute atomic E-state index is 14.2. The van der Waals surface area contributed by atoms with Crippen LogP contribution in [-0.2, 0) is 0 Å². The Morgan fingerprint density at radius 2 is 1.50 bits per heavy atom. The number of nitrogens with one attached hydrogen (secondary N) is 4. The number of hydrogen-bond acceptors (Lipinski definition) is 9. The molecule has 6 N–H and O–H groups in total. The first-order valence-electron chi connectivity index (χ1n) is 14.5. The number of aromatic nitrogens is 4. The zero-order valence-electron chi connectivity index (χ0n) is 23.1. The first kappa shape index (κ1) is 27.9. The van der Waals surface area contributed by atoms with Gasteiger partial charge in [0.1, 0.15) is 23.1 Å². The van der Waals surface area contributed by atoms with E-state index in [1.54, 1.807) is 12.1 Å². The first-order valence-corrected chi connectivity index (χ1v) is 14.5. The predicted molar refractivity (Wildman–Crippen MR) is 159 cm³/mol. The summed E-state index contributed by atoms with van der Waals surface area (Å²) in [6.07, 6.45) is 8.30. The van der Waals surface area contributed by atoms with Crippen LogP contribution in [0, 0.1) is 5.82 Å². The standard InChI is InChI=1S/C30H35FN8O3/c31-22-17-32-15-14-23(22)36-30(42)26-13-12-25-24(16-29(38-39(25)26)34-19-6-10-21(41)11-7-19)35-28-3-1-2-27(37-28)33-18-4-8-20(40)9-5-18/h1-3,12-21,40-41H,4-11H2,(H,34,38)(H,32,36,42)(H2,33,35,37)/t18-,19-,20-,21-. The maximum Gasteiger partial charge on any atom is 0.274 e. The van der Waals surface area contributed by atoms with Crippen molar-refractivity contribution in [3.05, 3.63) is 66.4 Å². The second-order valence-corrected chi connectivity index (χ2v) is 11.1. The van der Waals surface area contributed by atoms with Gasteiger partial charge >= 0.3 is 0 Å². The van der Waals surface area contributed by atoms with Crippen molar-refractivity contribution < 1.29 is 19.4 Å². The molecule has 0 aliphatic heterocycles. The van der Waals surface area contributed by atoms with Crippen LogP contribution in [0.3, 0.4) is 0 Å². The molecule has 2 fully saturated rings. The number of rotatable bonds is 8. The van der Waals surface area contributed by atoms with Crippen LogP contribution in [0.25, 0.3) is 5.52 Å². The van der Waals surface area contributed by atoms with Gasteiger partial charge in [-0.3, -0.25) is 9.78 Å². The molecule has 0 atom stereocenters. The molecule has 0 saturated heterocycles. The van der Waals surface area contributed by atoms with E-state index in [0.717, 1.165) is 50.5 Å². The van der Waals surface area contributed by atoms with Gasteiger partial charge in [0.25, 0.3) is 5.91 Å². The Hall–Kier alpha value is -4.29. The van der Waals surface area contributed by atoms with E-state index in [0.29, 0.717) is 35.7 Å². The number of halogens is 1. The molecule has 11 nitrogen and oxygen atoms in total. The number of carbonyl (C=O) groups is 1. The molecule has 2 aliphatic carbocycles. The summed E-state index contributed by atoms with van der Waals surface area (Å²) in [5, 5.41) is 37.4. The molecular formula is C30H35FN8O3. The summed E-state index contributed by atoms with van der Waals surface area (Å²) in [7, 11) is 0. The Balaban J connectivity index is 1.29. The normalized spacial score (nSPS) is 22.5. The quantitative estimate of drug-likeness (QED) is 0.176. The van der Waals surface area contributed by atoms with E-state index in [2.05, 4.69) is 26.3 Å². The number of aliphatic hydroxyl groups is 2. The largest absolute Gasteiger partial charge is 0.393 e. The van der Waals surface area contributed by atoms with Crippen LogP contribution in [0.1, 0.15) is 61.9 Å². The van der Waals surface area contributed by atoms with Gasteiger partial charge in [-0.1, -0.05) is 6.07 Å². The number of anilines is 5. The molecule has 0 bridgehead atoms. The molecule has 2 aliphatic rings. The molecule has 42 heavy (non-hydrogen) atoms. The average Bonchev–Trinajstić information content (AvgIpc) is 3.41. The highest BCUT2D eigenvalue weighted by Crippen LogP contribution is 2.29. The minimum Gasteiger partial charge on any atom is -0.393 e. The highest BCUT2D eigenvalue weighted by atomic mass is 19.1. The van der Waals surface area contributed by atoms with Crippen molar-refractivity contribution >= 4 is 40.3 Å². The summed E-state index contributed by atoms with van der Waals surface area (Å²) in [6, 6.07) is 12.8. The minimum atomic E-state index is -0.632. The Kier molecular flexibility index (Phi) is 8.15. The van der Waals surface area contributed by atoms with Crippen molar-refractivity contribution in [1.82, 2.24) is 19.6 Å². The first-order chi connectivity index (χ1) is 20.4. The van der Waals surface area contributed by atoms with Crippen molar-refractivity contribution in [1.29, 1.82) is 0 Å². The topological polar surface area (TPSA) is 149 Å². The molecule has 2 saturated carbocycles. The summed E-state index contributed by atoms with van der Waals surface area (Å²) in [6.45, 7) is 0. The van der Waals surface area contributed by atoms with Crippen molar-refractivity contribution in [3.8, 4) is 0 Å². The second kappa shape index (κ2) is 12.3. The number of aliphatic hydroxyl groups excluding tert-OH is 2. The van der Waals surface area contributed by atoms with Crippen LogP contribution in [0.15, 0.2) is 54.9 Å². The predicted octanol–water partition coefficient (Wildman–Crippen LogP) is 4.69. The van der Waals surface area contributed by atoms with Gasteiger partial charge in [0.05, 0.1) is 35.3 Å². The molecular weight excluding hydrogens is 539 g/mol. The van der Waals surface area contributed by atoms with Gasteiger partial charge in [-0.25, -0.2) is 13.9 Å². The van der Waals surface area contributed by atoms with E-state index in [1.165, 1.54) is 16.8 Å². The van der Waals surface area contributed by atoms with Crippen LogP contribution in [0.2, 0.25) is 0 Å². The third-order valence-corrected chi connectivity index (χ3v) is 7.98. The monoisotopic (exact) mass is 574 g/mol. The van der Waals surface area contributed by atoms with Crippen molar-refractivity contribution in [3.63, 3.8) is 0 Å². The Morgan fingerprint density at radius 3 is 2.19 bits per heavy atom. The number of hydrogen-bond donors (Lipinski definition) is 6. The molecule has 0 spiro atoms. The van der Waals surface area contributed by atoms with Crippen LogP contribution < -0.4 is 21.3 Å². The SMILES string of the molecule is O=C(Nc1ccncc1F)c1ccc2c(Nc3cccc(N[C@H]4CC[C@H](O)CC4)n3)cc(N[C@H]3CC[C@H](O)CC3)nn12. The third kappa shape index (κ3) is 6.44. The fourth-order valence-corrected chi connectivity index (χ4v) is 5.67. The van der Waals surface area contributed by atoms with Crippen molar-refractivity contribution in [2.24, 2.45) is 0 Å². The molecule has 4 aromatic rings. The van der Waals surface area contributed by atoms with Gasteiger partial charge in [-0.15, -0.1) is 5.10 Å². The van der Waals surface area contributed by atoms with Gasteiger partial charge in [0.15, 0.2) is 5.82 Å². The van der Waals surface area contributed by atoms with Gasteiger partial charge in [-0.2, -0.15) is 0 Å². The molecule has 4 heterocycles. The molecule has 12 heteroatoms. The van der Waals surface area contributed by atoms with Crippen molar-refractivity contribution in [2.75, 3.05) is 21.3 Å². The maximum atomic E-state index is 14.2. The van der Waals surface area contributed by atoms with Gasteiger partial charge in [0, 0.05) is 24.3 Å².